The molecule has 160 valence electrons. The first kappa shape index (κ1) is 21.9. The maximum atomic E-state index is 13.2. The van der Waals surface area contributed by atoms with Crippen LogP contribution >= 0.6 is 34.7 Å². The van der Waals surface area contributed by atoms with Crippen LogP contribution in [0.2, 0.25) is 5.02 Å². The molecule has 2 aromatic carbocycles. The third-order valence-corrected chi connectivity index (χ3v) is 7.03. The van der Waals surface area contributed by atoms with Crippen LogP contribution in [0.3, 0.4) is 0 Å². The average Bonchev–Trinajstić information content (AvgIpc) is 3.08. The van der Waals surface area contributed by atoms with E-state index in [9.17, 15) is 9.59 Å². The molecule has 0 fully saturated rings. The Morgan fingerprint density at radius 3 is 2.81 bits per heavy atom. The van der Waals surface area contributed by atoms with Gasteiger partial charge < -0.3 is 10.2 Å². The van der Waals surface area contributed by atoms with Crippen molar-refractivity contribution < 1.29 is 9.59 Å². The van der Waals surface area contributed by atoms with E-state index in [-0.39, 0.29) is 18.2 Å². The lowest BCUT2D eigenvalue weighted by atomic mass is 10.1. The number of carbonyl (C=O) groups is 2. The van der Waals surface area contributed by atoms with Crippen LogP contribution in [-0.4, -0.2) is 29.1 Å². The summed E-state index contributed by atoms with van der Waals surface area (Å²) < 4.78 is 0. The van der Waals surface area contributed by atoms with Gasteiger partial charge in [-0.1, -0.05) is 48.1 Å². The van der Waals surface area contributed by atoms with Crippen molar-refractivity contribution in [3.8, 4) is 0 Å². The van der Waals surface area contributed by atoms with Gasteiger partial charge in [0.05, 0.1) is 12.1 Å². The predicted molar refractivity (Wildman–Crippen MR) is 129 cm³/mol. The lowest BCUT2D eigenvalue weighted by molar-refractivity contribution is -0.115. The lowest BCUT2D eigenvalue weighted by Gasteiger charge is -2.20. The summed E-state index contributed by atoms with van der Waals surface area (Å²) in [5.74, 6) is 0.776. The third-order valence-electron chi connectivity index (χ3n) is 4.90. The molecular formula is C23H22ClN3O2S2. The first-order valence-corrected chi connectivity index (χ1v) is 12.3. The van der Waals surface area contributed by atoms with E-state index < -0.39 is 0 Å². The molecular weight excluding hydrogens is 450 g/mol. The fourth-order valence-corrected chi connectivity index (χ4v) is 5.30. The first-order valence-electron chi connectivity index (χ1n) is 10.1. The fraction of sp³-hybridized carbons (Fsp3) is 0.261. The number of aryl methyl sites for hydroxylation is 1. The van der Waals surface area contributed by atoms with Crippen LogP contribution in [0.15, 0.2) is 53.4 Å². The van der Waals surface area contributed by atoms with Crippen molar-refractivity contribution in [2.75, 3.05) is 22.5 Å². The summed E-state index contributed by atoms with van der Waals surface area (Å²) >= 11 is 9.12. The Balaban J connectivity index is 1.46. The highest BCUT2D eigenvalue weighted by Gasteiger charge is 2.28. The molecule has 0 spiro atoms. The molecule has 1 aliphatic rings. The minimum absolute atomic E-state index is 0.100. The first-order chi connectivity index (χ1) is 15.0. The quantitative estimate of drug-likeness (QED) is 0.469. The molecule has 0 saturated carbocycles. The van der Waals surface area contributed by atoms with Crippen molar-refractivity contribution >= 4 is 57.3 Å². The number of halogens is 1. The van der Waals surface area contributed by atoms with Gasteiger partial charge >= 0.3 is 0 Å². The van der Waals surface area contributed by atoms with Crippen LogP contribution in [0.5, 0.6) is 0 Å². The van der Waals surface area contributed by atoms with Crippen LogP contribution in [0.25, 0.3) is 0 Å². The zero-order valence-electron chi connectivity index (χ0n) is 17.1. The van der Waals surface area contributed by atoms with Crippen molar-refractivity contribution in [3.05, 3.63) is 69.7 Å². The number of benzene rings is 2. The Kier molecular flexibility index (Phi) is 6.95. The molecule has 1 N–H and O–H groups in total. The van der Waals surface area contributed by atoms with E-state index in [1.807, 2.05) is 36.4 Å². The smallest absolute Gasteiger partial charge is 0.270 e. The number of amides is 2. The molecule has 5 nitrogen and oxygen atoms in total. The Morgan fingerprint density at radius 1 is 1.26 bits per heavy atom. The maximum Gasteiger partial charge on any atom is 0.270 e. The molecule has 31 heavy (non-hydrogen) atoms. The van der Waals surface area contributed by atoms with Gasteiger partial charge in [-0.25, -0.2) is 4.98 Å². The Labute approximate surface area is 194 Å². The van der Waals surface area contributed by atoms with Crippen LogP contribution in [0.4, 0.5) is 10.8 Å². The molecule has 0 aliphatic carbocycles. The van der Waals surface area contributed by atoms with Gasteiger partial charge in [0.15, 0.2) is 5.13 Å². The van der Waals surface area contributed by atoms with E-state index in [0.717, 1.165) is 29.1 Å². The molecule has 0 unspecified atom stereocenters. The number of nitrogens with one attached hydrogen (secondary N) is 1. The fourth-order valence-electron chi connectivity index (χ4n) is 3.48. The number of hydrogen-bond donors (Lipinski definition) is 1. The minimum atomic E-state index is -0.140. The van der Waals surface area contributed by atoms with E-state index in [1.165, 1.54) is 16.2 Å². The SMILES string of the molecule is CCSc1ccc(CC(=O)Nc2nc3c(s2)C(=O)N(c2cccc(Cl)c2)CCC3)cc1. The topological polar surface area (TPSA) is 62.3 Å². The van der Waals surface area contributed by atoms with Crippen LogP contribution in [0, 0.1) is 0 Å². The standard InChI is InChI=1S/C23H22ClN3O2S2/c1-2-30-18-10-8-15(9-11-18)13-20(28)26-23-25-19-7-4-12-27(22(29)21(19)31-23)17-6-3-5-16(24)14-17/h3,5-6,8-11,14H,2,4,7,12-13H2,1H3,(H,25,26,28). The summed E-state index contributed by atoms with van der Waals surface area (Å²) in [4.78, 5) is 33.7. The summed E-state index contributed by atoms with van der Waals surface area (Å²) in [6, 6.07) is 15.3. The normalized spacial score (nSPS) is 13.6. The van der Waals surface area contributed by atoms with Gasteiger partial charge in [0.1, 0.15) is 4.88 Å². The van der Waals surface area contributed by atoms with Gasteiger partial charge in [-0.15, -0.1) is 11.8 Å². The zero-order chi connectivity index (χ0) is 21.8. The van der Waals surface area contributed by atoms with Gasteiger partial charge in [-0.2, -0.15) is 0 Å². The average molecular weight is 472 g/mol. The largest absolute Gasteiger partial charge is 0.308 e. The van der Waals surface area contributed by atoms with Gasteiger partial charge in [0, 0.05) is 22.2 Å². The number of thioether (sulfide) groups is 1. The van der Waals surface area contributed by atoms with Crippen molar-refractivity contribution in [1.29, 1.82) is 0 Å². The number of anilines is 2. The van der Waals surface area contributed by atoms with Crippen molar-refractivity contribution in [2.45, 2.75) is 31.1 Å². The van der Waals surface area contributed by atoms with Crippen LogP contribution in [-0.2, 0) is 17.6 Å². The number of rotatable bonds is 6. The highest BCUT2D eigenvalue weighted by atomic mass is 35.5. The highest BCUT2D eigenvalue weighted by molar-refractivity contribution is 7.99. The van der Waals surface area contributed by atoms with Crippen LogP contribution < -0.4 is 10.2 Å². The Bertz CT molecular complexity index is 1100. The van der Waals surface area contributed by atoms with Gasteiger partial charge in [0.2, 0.25) is 5.91 Å². The van der Waals surface area contributed by atoms with E-state index >= 15 is 0 Å². The summed E-state index contributed by atoms with van der Waals surface area (Å²) in [7, 11) is 0. The molecule has 2 heterocycles. The van der Waals surface area contributed by atoms with Crippen LogP contribution in [0.1, 0.15) is 34.3 Å². The molecule has 1 aromatic heterocycles. The second kappa shape index (κ2) is 9.85. The molecule has 2 amide bonds. The number of thiazole rings is 1. The molecule has 3 aromatic rings. The second-order valence-electron chi connectivity index (χ2n) is 7.14. The molecule has 8 heteroatoms. The van der Waals surface area contributed by atoms with E-state index in [1.54, 1.807) is 28.8 Å². The minimum Gasteiger partial charge on any atom is -0.308 e. The number of fused-ring (bicyclic) bond motifs is 1. The van der Waals surface area contributed by atoms with Crippen molar-refractivity contribution in [2.24, 2.45) is 0 Å². The lowest BCUT2D eigenvalue weighted by Crippen LogP contribution is -2.30. The second-order valence-corrected chi connectivity index (χ2v) is 9.91. The molecule has 0 bridgehead atoms. The predicted octanol–water partition coefficient (Wildman–Crippen LogP) is 5.68. The van der Waals surface area contributed by atoms with Gasteiger partial charge in [-0.3, -0.25) is 9.59 Å². The highest BCUT2D eigenvalue weighted by Crippen LogP contribution is 2.31. The van der Waals surface area contributed by atoms with Gasteiger partial charge in [-0.05, 0) is 54.5 Å². The van der Waals surface area contributed by atoms with E-state index in [0.29, 0.717) is 28.0 Å². The summed E-state index contributed by atoms with van der Waals surface area (Å²) in [6.07, 6.45) is 1.76. The zero-order valence-corrected chi connectivity index (χ0v) is 19.4. The monoisotopic (exact) mass is 471 g/mol. The molecule has 0 atom stereocenters. The maximum absolute atomic E-state index is 13.2. The summed E-state index contributed by atoms with van der Waals surface area (Å²) in [5, 5.41) is 3.92. The Morgan fingerprint density at radius 2 is 2.06 bits per heavy atom. The number of aromatic nitrogens is 1. The third kappa shape index (κ3) is 5.29. The molecule has 4 rings (SSSR count). The van der Waals surface area contributed by atoms with Crippen molar-refractivity contribution in [3.63, 3.8) is 0 Å². The Hall–Kier alpha value is -2.35. The summed E-state index contributed by atoms with van der Waals surface area (Å²) in [5.41, 5.74) is 2.46. The van der Waals surface area contributed by atoms with E-state index in [2.05, 4.69) is 17.2 Å². The van der Waals surface area contributed by atoms with Crippen molar-refractivity contribution in [1.82, 2.24) is 4.98 Å². The number of carbonyl (C=O) groups excluding carboxylic acids is 2. The van der Waals surface area contributed by atoms with E-state index in [4.69, 9.17) is 11.6 Å². The molecule has 1 aliphatic heterocycles. The van der Waals surface area contributed by atoms with Gasteiger partial charge in [0.25, 0.3) is 5.91 Å². The number of nitrogens with zero attached hydrogens (tertiary/aromatic N) is 2. The summed E-state index contributed by atoms with van der Waals surface area (Å²) in [6.45, 7) is 2.72. The number of hydrogen-bond acceptors (Lipinski definition) is 5. The molecule has 0 saturated heterocycles. The molecule has 0 radical (unpaired) electrons.